The second kappa shape index (κ2) is 6.72. The van der Waals surface area contributed by atoms with Gasteiger partial charge >= 0.3 is 0 Å². The fourth-order valence-electron chi connectivity index (χ4n) is 1.48. The normalized spacial score (nSPS) is 10.3. The molecule has 0 saturated heterocycles. The number of halogens is 1. The standard InChI is InChI=1S/C13H17FN2O3/c1-8(2)16-12(18)5-6-15-13(19)10-4-3-9(14)7-11(10)17/h3-4,7-8,17H,5-6H2,1-2H3,(H,15,19)(H,16,18). The molecule has 2 amide bonds. The molecule has 0 fully saturated rings. The van der Waals surface area contributed by atoms with Gasteiger partial charge in [-0.15, -0.1) is 0 Å². The first-order valence-electron chi connectivity index (χ1n) is 5.96. The Hall–Kier alpha value is -2.11. The van der Waals surface area contributed by atoms with Crippen LogP contribution < -0.4 is 10.6 Å². The second-order valence-electron chi connectivity index (χ2n) is 4.39. The number of carbonyl (C=O) groups is 2. The largest absolute Gasteiger partial charge is 0.507 e. The number of hydrogen-bond donors (Lipinski definition) is 3. The van der Waals surface area contributed by atoms with Crippen molar-refractivity contribution in [2.75, 3.05) is 6.54 Å². The van der Waals surface area contributed by atoms with E-state index >= 15 is 0 Å². The van der Waals surface area contributed by atoms with E-state index in [1.54, 1.807) is 0 Å². The summed E-state index contributed by atoms with van der Waals surface area (Å²) in [6.07, 6.45) is 0.145. The maximum Gasteiger partial charge on any atom is 0.255 e. The fraction of sp³-hybridized carbons (Fsp3) is 0.385. The van der Waals surface area contributed by atoms with Crippen LogP contribution in [0.5, 0.6) is 5.75 Å². The highest BCUT2D eigenvalue weighted by Crippen LogP contribution is 2.17. The molecule has 5 nitrogen and oxygen atoms in total. The van der Waals surface area contributed by atoms with E-state index < -0.39 is 17.5 Å². The molecule has 104 valence electrons. The van der Waals surface area contributed by atoms with Crippen molar-refractivity contribution in [3.05, 3.63) is 29.6 Å². The molecule has 0 bridgehead atoms. The maximum absolute atomic E-state index is 12.7. The lowest BCUT2D eigenvalue weighted by Gasteiger charge is -2.09. The van der Waals surface area contributed by atoms with E-state index in [0.717, 1.165) is 12.1 Å². The summed E-state index contributed by atoms with van der Waals surface area (Å²) >= 11 is 0. The molecule has 0 unspecified atom stereocenters. The highest BCUT2D eigenvalue weighted by molar-refractivity contribution is 5.96. The van der Waals surface area contributed by atoms with Crippen molar-refractivity contribution in [2.45, 2.75) is 26.3 Å². The van der Waals surface area contributed by atoms with E-state index in [1.165, 1.54) is 6.07 Å². The zero-order chi connectivity index (χ0) is 14.4. The molecule has 6 heteroatoms. The molecule has 1 aromatic carbocycles. The van der Waals surface area contributed by atoms with Crippen molar-refractivity contribution in [3.63, 3.8) is 0 Å². The second-order valence-corrected chi connectivity index (χ2v) is 4.39. The first-order valence-corrected chi connectivity index (χ1v) is 5.96. The van der Waals surface area contributed by atoms with Gasteiger partial charge in [-0.05, 0) is 26.0 Å². The first kappa shape index (κ1) is 14.9. The van der Waals surface area contributed by atoms with Gasteiger partial charge in [0.2, 0.25) is 5.91 Å². The van der Waals surface area contributed by atoms with Gasteiger partial charge in [-0.3, -0.25) is 9.59 Å². The molecule has 0 atom stereocenters. The number of rotatable bonds is 5. The van der Waals surface area contributed by atoms with Crippen molar-refractivity contribution >= 4 is 11.8 Å². The SMILES string of the molecule is CC(C)NC(=O)CCNC(=O)c1ccc(F)cc1O. The summed E-state index contributed by atoms with van der Waals surface area (Å²) in [6.45, 7) is 3.83. The number of amides is 2. The maximum atomic E-state index is 12.7. The lowest BCUT2D eigenvalue weighted by molar-refractivity contribution is -0.121. The Kier molecular flexibility index (Phi) is 5.29. The highest BCUT2D eigenvalue weighted by Gasteiger charge is 2.12. The first-order chi connectivity index (χ1) is 8.90. The third kappa shape index (κ3) is 4.95. The molecule has 0 spiro atoms. The number of nitrogens with one attached hydrogen (secondary N) is 2. The molecule has 1 aromatic rings. The van der Waals surface area contributed by atoms with Crippen LogP contribution in [0.25, 0.3) is 0 Å². The topological polar surface area (TPSA) is 78.4 Å². The molecule has 19 heavy (non-hydrogen) atoms. The Morgan fingerprint density at radius 2 is 2.05 bits per heavy atom. The minimum absolute atomic E-state index is 0.0225. The number of phenolic OH excluding ortho intramolecular Hbond substituents is 1. The quantitative estimate of drug-likeness (QED) is 0.750. The van der Waals surface area contributed by atoms with Crippen LogP contribution in [-0.2, 0) is 4.79 Å². The van der Waals surface area contributed by atoms with Crippen molar-refractivity contribution < 1.29 is 19.1 Å². The number of aromatic hydroxyl groups is 1. The van der Waals surface area contributed by atoms with Gasteiger partial charge in [-0.2, -0.15) is 0 Å². The van der Waals surface area contributed by atoms with Crippen LogP contribution in [0.3, 0.4) is 0 Å². The van der Waals surface area contributed by atoms with Gasteiger partial charge in [0.15, 0.2) is 0 Å². The molecule has 0 radical (unpaired) electrons. The van der Waals surface area contributed by atoms with Gasteiger partial charge in [-0.25, -0.2) is 4.39 Å². The average molecular weight is 268 g/mol. The molecule has 0 aromatic heterocycles. The number of benzene rings is 1. The van der Waals surface area contributed by atoms with Crippen molar-refractivity contribution in [3.8, 4) is 5.75 Å². The molecular weight excluding hydrogens is 251 g/mol. The van der Waals surface area contributed by atoms with Crippen LogP contribution >= 0.6 is 0 Å². The van der Waals surface area contributed by atoms with Crippen molar-refractivity contribution in [1.82, 2.24) is 10.6 Å². The van der Waals surface area contributed by atoms with E-state index in [2.05, 4.69) is 10.6 Å². The van der Waals surface area contributed by atoms with Gasteiger partial charge in [-0.1, -0.05) is 0 Å². The third-order valence-corrected chi connectivity index (χ3v) is 2.29. The van der Waals surface area contributed by atoms with Crippen molar-refractivity contribution in [1.29, 1.82) is 0 Å². The predicted octanol–water partition coefficient (Wildman–Crippen LogP) is 1.18. The van der Waals surface area contributed by atoms with Crippen LogP contribution in [0, 0.1) is 5.82 Å². The zero-order valence-corrected chi connectivity index (χ0v) is 10.9. The minimum atomic E-state index is -0.620. The summed E-state index contributed by atoms with van der Waals surface area (Å²) in [6, 6.07) is 3.18. The summed E-state index contributed by atoms with van der Waals surface area (Å²) < 4.78 is 12.7. The van der Waals surface area contributed by atoms with E-state index in [0.29, 0.717) is 0 Å². The smallest absolute Gasteiger partial charge is 0.255 e. The van der Waals surface area contributed by atoms with E-state index in [9.17, 15) is 19.1 Å². The number of hydrogen-bond acceptors (Lipinski definition) is 3. The van der Waals surface area contributed by atoms with Gasteiger partial charge < -0.3 is 15.7 Å². The summed E-state index contributed by atoms with van der Waals surface area (Å²) in [7, 11) is 0. The Morgan fingerprint density at radius 3 is 2.63 bits per heavy atom. The predicted molar refractivity (Wildman–Crippen MR) is 68.3 cm³/mol. The average Bonchev–Trinajstić information content (AvgIpc) is 2.27. The molecule has 1 rings (SSSR count). The molecule has 0 heterocycles. The number of phenols is 1. The Bertz CT molecular complexity index is 475. The molecule has 0 aliphatic heterocycles. The molecule has 0 aliphatic carbocycles. The summed E-state index contributed by atoms with van der Waals surface area (Å²) in [5.41, 5.74) is -0.0225. The Labute approximate surface area is 110 Å². The van der Waals surface area contributed by atoms with Crippen LogP contribution in [0.1, 0.15) is 30.6 Å². The lowest BCUT2D eigenvalue weighted by Crippen LogP contribution is -2.34. The zero-order valence-electron chi connectivity index (χ0n) is 10.9. The summed E-state index contributed by atoms with van der Waals surface area (Å²) in [5.74, 6) is -1.76. The van der Waals surface area contributed by atoms with E-state index in [-0.39, 0.29) is 30.5 Å². The van der Waals surface area contributed by atoms with Gasteiger partial charge in [0.25, 0.3) is 5.91 Å². The Balaban J connectivity index is 2.45. The minimum Gasteiger partial charge on any atom is -0.507 e. The molecule has 0 saturated carbocycles. The van der Waals surface area contributed by atoms with Crippen LogP contribution in [0.2, 0.25) is 0 Å². The van der Waals surface area contributed by atoms with E-state index in [1.807, 2.05) is 13.8 Å². The van der Waals surface area contributed by atoms with E-state index in [4.69, 9.17) is 0 Å². The van der Waals surface area contributed by atoms with Gasteiger partial charge in [0.05, 0.1) is 5.56 Å². The molecule has 3 N–H and O–H groups in total. The van der Waals surface area contributed by atoms with Gasteiger partial charge in [0.1, 0.15) is 11.6 Å². The van der Waals surface area contributed by atoms with Crippen LogP contribution in [0.4, 0.5) is 4.39 Å². The lowest BCUT2D eigenvalue weighted by atomic mass is 10.2. The van der Waals surface area contributed by atoms with Crippen LogP contribution in [-0.4, -0.2) is 29.5 Å². The third-order valence-electron chi connectivity index (χ3n) is 2.29. The monoisotopic (exact) mass is 268 g/mol. The summed E-state index contributed by atoms with van der Waals surface area (Å²) in [4.78, 5) is 23.0. The highest BCUT2D eigenvalue weighted by atomic mass is 19.1. The van der Waals surface area contributed by atoms with Crippen LogP contribution in [0.15, 0.2) is 18.2 Å². The van der Waals surface area contributed by atoms with Gasteiger partial charge in [0, 0.05) is 25.1 Å². The Morgan fingerprint density at radius 1 is 1.37 bits per heavy atom. The van der Waals surface area contributed by atoms with Crippen molar-refractivity contribution in [2.24, 2.45) is 0 Å². The molecular formula is C13H17FN2O3. The summed E-state index contributed by atoms with van der Waals surface area (Å²) in [5, 5.41) is 14.6. The number of carbonyl (C=O) groups excluding carboxylic acids is 2. The fourth-order valence-corrected chi connectivity index (χ4v) is 1.48. The molecule has 0 aliphatic rings.